The lowest BCUT2D eigenvalue weighted by Crippen LogP contribution is -2.35. The Hall–Kier alpha value is -2.99. The standard InChI is InChI=1S/C21H22ClN3O3/c1-4-24(5-2)16-10-9-14(19(13-16)28-3)11-18-20(26)23-25(21(18)27)17-8-6-7-15(22)12-17/h6-13H,4-5H2,1-3H3,(H,23,26)/b18-11-. The Kier molecular flexibility index (Phi) is 5.90. The molecule has 1 saturated heterocycles. The first-order valence-electron chi connectivity index (χ1n) is 9.04. The fourth-order valence-electron chi connectivity index (χ4n) is 3.11. The van der Waals surface area contributed by atoms with Gasteiger partial charge in [-0.05, 0) is 50.3 Å². The number of hydrogen-bond donors (Lipinski definition) is 1. The van der Waals surface area contributed by atoms with E-state index in [0.29, 0.717) is 22.0 Å². The lowest BCUT2D eigenvalue weighted by molar-refractivity contribution is -0.117. The molecule has 1 heterocycles. The molecule has 0 radical (unpaired) electrons. The number of carbonyl (C=O) groups excluding carboxylic acids is 2. The third-order valence-electron chi connectivity index (χ3n) is 4.60. The molecule has 0 spiro atoms. The van der Waals surface area contributed by atoms with Crippen molar-refractivity contribution in [2.24, 2.45) is 0 Å². The number of hydrogen-bond acceptors (Lipinski definition) is 4. The van der Waals surface area contributed by atoms with E-state index in [1.54, 1.807) is 37.5 Å². The van der Waals surface area contributed by atoms with Crippen molar-refractivity contribution >= 4 is 40.9 Å². The molecule has 2 amide bonds. The first-order valence-corrected chi connectivity index (χ1v) is 9.42. The molecule has 1 aliphatic rings. The zero-order valence-corrected chi connectivity index (χ0v) is 16.8. The van der Waals surface area contributed by atoms with E-state index in [0.717, 1.165) is 18.8 Å². The number of carbonyl (C=O) groups is 2. The zero-order valence-electron chi connectivity index (χ0n) is 16.0. The van der Waals surface area contributed by atoms with Crippen LogP contribution < -0.4 is 20.1 Å². The van der Waals surface area contributed by atoms with Gasteiger partial charge in [0.15, 0.2) is 0 Å². The van der Waals surface area contributed by atoms with Crippen LogP contribution in [0.25, 0.3) is 6.08 Å². The van der Waals surface area contributed by atoms with Gasteiger partial charge in [-0.25, -0.2) is 5.01 Å². The van der Waals surface area contributed by atoms with E-state index >= 15 is 0 Å². The molecule has 0 unspecified atom stereocenters. The molecule has 0 saturated carbocycles. The molecule has 6 nitrogen and oxygen atoms in total. The van der Waals surface area contributed by atoms with Crippen molar-refractivity contribution in [1.29, 1.82) is 0 Å². The maximum absolute atomic E-state index is 12.8. The smallest absolute Gasteiger partial charge is 0.282 e. The third-order valence-corrected chi connectivity index (χ3v) is 4.84. The topological polar surface area (TPSA) is 61.9 Å². The largest absolute Gasteiger partial charge is 0.496 e. The highest BCUT2D eigenvalue weighted by molar-refractivity contribution is 6.33. The van der Waals surface area contributed by atoms with E-state index in [4.69, 9.17) is 16.3 Å². The molecule has 3 rings (SSSR count). The normalized spacial score (nSPS) is 15.1. The quantitative estimate of drug-likeness (QED) is 0.595. The van der Waals surface area contributed by atoms with Crippen LogP contribution in [0.1, 0.15) is 19.4 Å². The van der Waals surface area contributed by atoms with Gasteiger partial charge in [0.1, 0.15) is 11.3 Å². The number of amides is 2. The Morgan fingerprint density at radius 2 is 1.89 bits per heavy atom. The van der Waals surface area contributed by atoms with Gasteiger partial charge in [0, 0.05) is 35.4 Å². The van der Waals surface area contributed by atoms with Crippen LogP contribution >= 0.6 is 11.6 Å². The van der Waals surface area contributed by atoms with E-state index in [1.165, 1.54) is 5.01 Å². The fourth-order valence-corrected chi connectivity index (χ4v) is 3.30. The fraction of sp³-hybridized carbons (Fsp3) is 0.238. The first-order chi connectivity index (χ1) is 13.5. The molecule has 1 N–H and O–H groups in total. The highest BCUT2D eigenvalue weighted by Crippen LogP contribution is 2.29. The van der Waals surface area contributed by atoms with Crippen molar-refractivity contribution in [2.75, 3.05) is 30.1 Å². The van der Waals surface area contributed by atoms with E-state index in [9.17, 15) is 9.59 Å². The number of benzene rings is 2. The third kappa shape index (κ3) is 3.82. The molecule has 0 aliphatic carbocycles. The summed E-state index contributed by atoms with van der Waals surface area (Å²) in [6, 6.07) is 12.4. The van der Waals surface area contributed by atoms with Crippen molar-refractivity contribution in [3.63, 3.8) is 0 Å². The summed E-state index contributed by atoms with van der Waals surface area (Å²) < 4.78 is 5.49. The van der Waals surface area contributed by atoms with Gasteiger partial charge in [0.2, 0.25) is 0 Å². The minimum atomic E-state index is -0.472. The lowest BCUT2D eigenvalue weighted by atomic mass is 10.1. The number of ether oxygens (including phenoxy) is 1. The Morgan fingerprint density at radius 1 is 1.14 bits per heavy atom. The minimum absolute atomic E-state index is 0.0360. The second kappa shape index (κ2) is 8.35. The van der Waals surface area contributed by atoms with Gasteiger partial charge in [-0.3, -0.25) is 15.0 Å². The molecular weight excluding hydrogens is 378 g/mol. The van der Waals surface area contributed by atoms with E-state index in [2.05, 4.69) is 24.2 Å². The Balaban J connectivity index is 1.94. The van der Waals surface area contributed by atoms with Gasteiger partial charge in [-0.1, -0.05) is 17.7 Å². The van der Waals surface area contributed by atoms with Crippen LogP contribution in [0.15, 0.2) is 48.0 Å². The predicted octanol–water partition coefficient (Wildman–Crippen LogP) is 3.66. The predicted molar refractivity (Wildman–Crippen MR) is 112 cm³/mol. The maximum atomic E-state index is 12.8. The molecule has 0 aromatic heterocycles. The molecule has 1 fully saturated rings. The number of anilines is 2. The average Bonchev–Trinajstić information content (AvgIpc) is 2.98. The molecule has 2 aromatic carbocycles. The summed E-state index contributed by atoms with van der Waals surface area (Å²) in [7, 11) is 1.57. The summed E-state index contributed by atoms with van der Waals surface area (Å²) >= 11 is 5.99. The van der Waals surface area contributed by atoms with Crippen LogP contribution in [0.4, 0.5) is 11.4 Å². The van der Waals surface area contributed by atoms with E-state index < -0.39 is 11.8 Å². The summed E-state index contributed by atoms with van der Waals surface area (Å²) in [6.07, 6.45) is 1.55. The van der Waals surface area contributed by atoms with Crippen molar-refractivity contribution in [3.05, 3.63) is 58.6 Å². The van der Waals surface area contributed by atoms with Crippen LogP contribution in [0.5, 0.6) is 5.75 Å². The molecule has 0 bridgehead atoms. The van der Waals surface area contributed by atoms with Gasteiger partial charge < -0.3 is 9.64 Å². The number of nitrogens with one attached hydrogen (secondary N) is 1. The van der Waals surface area contributed by atoms with Crippen molar-refractivity contribution < 1.29 is 14.3 Å². The second-order valence-corrected chi connectivity index (χ2v) is 6.65. The summed E-state index contributed by atoms with van der Waals surface area (Å²) in [5.74, 6) is -0.319. The molecule has 146 valence electrons. The summed E-state index contributed by atoms with van der Waals surface area (Å²) in [6.45, 7) is 5.90. The number of rotatable bonds is 6. The highest BCUT2D eigenvalue weighted by atomic mass is 35.5. The van der Waals surface area contributed by atoms with Crippen molar-refractivity contribution in [1.82, 2.24) is 5.43 Å². The SMILES string of the molecule is CCN(CC)c1ccc(/C=C2/C(=O)NN(c3cccc(Cl)c3)C2=O)c(OC)c1. The zero-order chi connectivity index (χ0) is 20.3. The summed E-state index contributed by atoms with van der Waals surface area (Å²) in [5, 5.41) is 1.67. The monoisotopic (exact) mass is 399 g/mol. The maximum Gasteiger partial charge on any atom is 0.282 e. The summed E-state index contributed by atoms with van der Waals surface area (Å²) in [4.78, 5) is 27.4. The molecule has 1 aliphatic heterocycles. The molecule has 28 heavy (non-hydrogen) atoms. The van der Waals surface area contributed by atoms with Gasteiger partial charge in [0.05, 0.1) is 12.8 Å². The highest BCUT2D eigenvalue weighted by Gasteiger charge is 2.34. The van der Waals surface area contributed by atoms with Gasteiger partial charge in [-0.15, -0.1) is 0 Å². The number of methoxy groups -OCH3 is 1. The van der Waals surface area contributed by atoms with Gasteiger partial charge >= 0.3 is 0 Å². The average molecular weight is 400 g/mol. The molecular formula is C21H22ClN3O3. The van der Waals surface area contributed by atoms with Gasteiger partial charge in [0.25, 0.3) is 11.8 Å². The Labute approximate surface area is 169 Å². The van der Waals surface area contributed by atoms with Crippen molar-refractivity contribution in [2.45, 2.75) is 13.8 Å². The van der Waals surface area contributed by atoms with Crippen LogP contribution in [0.2, 0.25) is 5.02 Å². The lowest BCUT2D eigenvalue weighted by Gasteiger charge is -2.22. The van der Waals surface area contributed by atoms with Crippen molar-refractivity contribution in [3.8, 4) is 5.75 Å². The summed E-state index contributed by atoms with van der Waals surface area (Å²) in [5.41, 5.74) is 4.78. The Bertz CT molecular complexity index is 938. The van der Waals surface area contributed by atoms with Crippen LogP contribution in [0.3, 0.4) is 0 Å². The second-order valence-electron chi connectivity index (χ2n) is 6.22. The number of hydrazine groups is 1. The minimum Gasteiger partial charge on any atom is -0.496 e. The molecule has 0 atom stereocenters. The molecule has 7 heteroatoms. The number of halogens is 1. The van der Waals surface area contributed by atoms with Crippen LogP contribution in [-0.2, 0) is 9.59 Å². The van der Waals surface area contributed by atoms with Gasteiger partial charge in [-0.2, -0.15) is 0 Å². The first kappa shape index (κ1) is 19.8. The molecule has 2 aromatic rings. The van der Waals surface area contributed by atoms with Crippen LogP contribution in [0, 0.1) is 0 Å². The van der Waals surface area contributed by atoms with E-state index in [-0.39, 0.29) is 5.57 Å². The van der Waals surface area contributed by atoms with Crippen LogP contribution in [-0.4, -0.2) is 32.0 Å². The Morgan fingerprint density at radius 3 is 2.54 bits per heavy atom. The van der Waals surface area contributed by atoms with E-state index in [1.807, 2.05) is 18.2 Å². The number of nitrogens with zero attached hydrogens (tertiary/aromatic N) is 2.